The van der Waals surface area contributed by atoms with Gasteiger partial charge < -0.3 is 15.7 Å². The van der Waals surface area contributed by atoms with E-state index in [0.717, 1.165) is 19.4 Å². The Kier molecular flexibility index (Phi) is 7.72. The average Bonchev–Trinajstić information content (AvgIpc) is 2.70. The third-order valence-corrected chi connectivity index (χ3v) is 2.89. The summed E-state index contributed by atoms with van der Waals surface area (Å²) in [4.78, 5) is 11.5. The first kappa shape index (κ1) is 15.7. The highest BCUT2D eigenvalue weighted by Crippen LogP contribution is 2.06. The lowest BCUT2D eigenvalue weighted by Crippen LogP contribution is -2.41. The normalized spacial score (nSPS) is 21.6. The SMILES string of the molecule is CC(C)C(O)CCNC(=O)C1CCCN1.Cl. The Morgan fingerprint density at radius 3 is 2.75 bits per heavy atom. The first-order valence-electron chi connectivity index (χ1n) is 5.80. The molecular weight excluding hydrogens is 228 g/mol. The molecule has 2 atom stereocenters. The van der Waals surface area contributed by atoms with Crippen molar-refractivity contribution in [3.05, 3.63) is 0 Å². The second kappa shape index (κ2) is 7.87. The van der Waals surface area contributed by atoms with Crippen molar-refractivity contribution in [1.29, 1.82) is 0 Å². The summed E-state index contributed by atoms with van der Waals surface area (Å²) in [6.07, 6.45) is 2.32. The molecule has 5 heteroatoms. The number of nitrogens with one attached hydrogen (secondary N) is 2. The summed E-state index contributed by atoms with van der Waals surface area (Å²) in [5.41, 5.74) is 0. The monoisotopic (exact) mass is 250 g/mol. The Labute approximate surface area is 104 Å². The minimum atomic E-state index is -0.318. The van der Waals surface area contributed by atoms with Gasteiger partial charge in [0.25, 0.3) is 0 Å². The highest BCUT2D eigenvalue weighted by atomic mass is 35.5. The van der Waals surface area contributed by atoms with Crippen molar-refractivity contribution in [2.45, 2.75) is 45.3 Å². The molecule has 0 radical (unpaired) electrons. The van der Waals surface area contributed by atoms with E-state index in [9.17, 15) is 9.90 Å². The molecule has 1 aliphatic rings. The van der Waals surface area contributed by atoms with Crippen molar-refractivity contribution in [1.82, 2.24) is 10.6 Å². The van der Waals surface area contributed by atoms with Gasteiger partial charge in [0.2, 0.25) is 5.91 Å². The Morgan fingerprint density at radius 2 is 2.25 bits per heavy atom. The number of aliphatic hydroxyl groups excluding tert-OH is 1. The molecule has 1 saturated heterocycles. The van der Waals surface area contributed by atoms with Gasteiger partial charge in [-0.15, -0.1) is 12.4 Å². The van der Waals surface area contributed by atoms with Crippen LogP contribution in [0.2, 0.25) is 0 Å². The van der Waals surface area contributed by atoms with E-state index in [4.69, 9.17) is 0 Å². The molecular formula is C11H23ClN2O2. The zero-order valence-corrected chi connectivity index (χ0v) is 10.8. The molecule has 1 rings (SSSR count). The smallest absolute Gasteiger partial charge is 0.237 e. The second-order valence-corrected chi connectivity index (χ2v) is 4.54. The van der Waals surface area contributed by atoms with E-state index < -0.39 is 0 Å². The molecule has 0 bridgehead atoms. The molecule has 0 saturated carbocycles. The number of hydrogen-bond acceptors (Lipinski definition) is 3. The summed E-state index contributed by atoms with van der Waals surface area (Å²) in [6, 6.07) is -0.0128. The van der Waals surface area contributed by atoms with Gasteiger partial charge in [0, 0.05) is 6.54 Å². The van der Waals surface area contributed by atoms with E-state index in [2.05, 4.69) is 10.6 Å². The van der Waals surface area contributed by atoms with Crippen LogP contribution in [0, 0.1) is 5.92 Å². The van der Waals surface area contributed by atoms with Crippen molar-refractivity contribution >= 4 is 18.3 Å². The summed E-state index contributed by atoms with van der Waals surface area (Å²) >= 11 is 0. The molecule has 0 aromatic rings. The molecule has 4 nitrogen and oxygen atoms in total. The van der Waals surface area contributed by atoms with Gasteiger partial charge in [-0.25, -0.2) is 0 Å². The Balaban J connectivity index is 0.00000225. The average molecular weight is 251 g/mol. The van der Waals surface area contributed by atoms with Crippen LogP contribution >= 0.6 is 12.4 Å². The standard InChI is InChI=1S/C11H22N2O2.ClH/c1-8(2)10(14)5-7-13-11(15)9-4-3-6-12-9;/h8-10,12,14H,3-7H2,1-2H3,(H,13,15);1H. The van der Waals surface area contributed by atoms with Gasteiger partial charge in [-0.2, -0.15) is 0 Å². The van der Waals surface area contributed by atoms with Crippen molar-refractivity contribution in [2.75, 3.05) is 13.1 Å². The third kappa shape index (κ3) is 5.14. The van der Waals surface area contributed by atoms with E-state index in [0.29, 0.717) is 13.0 Å². The molecule has 0 aromatic heterocycles. The Bertz CT molecular complexity index is 206. The highest BCUT2D eigenvalue weighted by Gasteiger charge is 2.21. The van der Waals surface area contributed by atoms with E-state index in [1.54, 1.807) is 0 Å². The first-order valence-corrected chi connectivity index (χ1v) is 5.80. The number of amides is 1. The van der Waals surface area contributed by atoms with E-state index in [1.165, 1.54) is 0 Å². The molecule has 3 N–H and O–H groups in total. The van der Waals surface area contributed by atoms with Gasteiger partial charge >= 0.3 is 0 Å². The largest absolute Gasteiger partial charge is 0.393 e. The predicted molar refractivity (Wildman–Crippen MR) is 66.7 cm³/mol. The molecule has 0 aliphatic carbocycles. The van der Waals surface area contributed by atoms with Gasteiger partial charge in [-0.3, -0.25) is 4.79 Å². The molecule has 0 aromatic carbocycles. The van der Waals surface area contributed by atoms with Crippen LogP contribution in [-0.2, 0) is 4.79 Å². The molecule has 16 heavy (non-hydrogen) atoms. The maximum absolute atomic E-state index is 11.5. The van der Waals surface area contributed by atoms with Crippen LogP contribution in [0.15, 0.2) is 0 Å². The number of rotatable bonds is 5. The Hall–Kier alpha value is -0.320. The summed E-state index contributed by atoms with van der Waals surface area (Å²) in [6.45, 7) is 5.46. The molecule has 2 unspecified atom stereocenters. The zero-order chi connectivity index (χ0) is 11.3. The number of carbonyl (C=O) groups excluding carboxylic acids is 1. The molecule has 96 valence electrons. The number of carbonyl (C=O) groups is 1. The summed E-state index contributed by atoms with van der Waals surface area (Å²) in [7, 11) is 0. The highest BCUT2D eigenvalue weighted by molar-refractivity contribution is 5.85. The van der Waals surface area contributed by atoms with Gasteiger partial charge in [0.05, 0.1) is 12.1 Å². The van der Waals surface area contributed by atoms with Crippen molar-refractivity contribution in [3.8, 4) is 0 Å². The minimum absolute atomic E-state index is 0. The molecule has 1 fully saturated rings. The first-order chi connectivity index (χ1) is 7.11. The fraction of sp³-hybridized carbons (Fsp3) is 0.909. The fourth-order valence-corrected chi connectivity index (χ4v) is 1.71. The van der Waals surface area contributed by atoms with Gasteiger partial charge in [0.15, 0.2) is 0 Å². The third-order valence-electron chi connectivity index (χ3n) is 2.89. The van der Waals surface area contributed by atoms with E-state index in [-0.39, 0.29) is 36.4 Å². The van der Waals surface area contributed by atoms with Crippen LogP contribution in [0.3, 0.4) is 0 Å². The Morgan fingerprint density at radius 1 is 1.56 bits per heavy atom. The maximum atomic E-state index is 11.5. The minimum Gasteiger partial charge on any atom is -0.393 e. The van der Waals surface area contributed by atoms with Crippen molar-refractivity contribution in [3.63, 3.8) is 0 Å². The topological polar surface area (TPSA) is 61.4 Å². The summed E-state index contributed by atoms with van der Waals surface area (Å²) in [5.74, 6) is 0.329. The van der Waals surface area contributed by atoms with Crippen LogP contribution in [0.25, 0.3) is 0 Å². The molecule has 1 aliphatic heterocycles. The lowest BCUT2D eigenvalue weighted by Gasteiger charge is -2.16. The van der Waals surface area contributed by atoms with Crippen LogP contribution in [0.5, 0.6) is 0 Å². The van der Waals surface area contributed by atoms with Gasteiger partial charge in [-0.1, -0.05) is 13.8 Å². The quantitative estimate of drug-likeness (QED) is 0.673. The molecule has 1 amide bonds. The zero-order valence-electron chi connectivity index (χ0n) is 10.0. The number of aliphatic hydroxyl groups is 1. The second-order valence-electron chi connectivity index (χ2n) is 4.54. The lowest BCUT2D eigenvalue weighted by molar-refractivity contribution is -0.122. The van der Waals surface area contributed by atoms with Crippen molar-refractivity contribution < 1.29 is 9.90 Å². The predicted octanol–water partition coefficient (Wildman–Crippen LogP) is 0.683. The summed E-state index contributed by atoms with van der Waals surface area (Å²) in [5, 5.41) is 15.5. The lowest BCUT2D eigenvalue weighted by atomic mass is 10.0. The van der Waals surface area contributed by atoms with Crippen LogP contribution in [0.4, 0.5) is 0 Å². The van der Waals surface area contributed by atoms with Crippen LogP contribution < -0.4 is 10.6 Å². The van der Waals surface area contributed by atoms with Crippen LogP contribution in [-0.4, -0.2) is 36.2 Å². The molecule has 0 spiro atoms. The summed E-state index contributed by atoms with van der Waals surface area (Å²) < 4.78 is 0. The van der Waals surface area contributed by atoms with E-state index >= 15 is 0 Å². The van der Waals surface area contributed by atoms with Crippen molar-refractivity contribution in [2.24, 2.45) is 5.92 Å². The van der Waals surface area contributed by atoms with E-state index in [1.807, 2.05) is 13.8 Å². The number of hydrogen-bond donors (Lipinski definition) is 3. The fourth-order valence-electron chi connectivity index (χ4n) is 1.71. The van der Waals surface area contributed by atoms with Crippen LogP contribution in [0.1, 0.15) is 33.1 Å². The van der Waals surface area contributed by atoms with Gasteiger partial charge in [0.1, 0.15) is 0 Å². The maximum Gasteiger partial charge on any atom is 0.237 e. The molecule has 1 heterocycles. The number of halogens is 1. The van der Waals surface area contributed by atoms with Gasteiger partial charge in [-0.05, 0) is 31.7 Å².